The van der Waals surface area contributed by atoms with Crippen LogP contribution in [-0.2, 0) is 24.0 Å². The summed E-state index contributed by atoms with van der Waals surface area (Å²) in [5.74, 6) is -5.72. The summed E-state index contributed by atoms with van der Waals surface area (Å²) in [5, 5.41) is 44.3. The van der Waals surface area contributed by atoms with Crippen molar-refractivity contribution >= 4 is 29.8 Å². The quantitative estimate of drug-likeness (QED) is 0.165. The summed E-state index contributed by atoms with van der Waals surface area (Å²) < 4.78 is 0. The topological polar surface area (TPSA) is 196 Å². The summed E-state index contributed by atoms with van der Waals surface area (Å²) in [6.45, 7) is -1.12. The highest BCUT2D eigenvalue weighted by Crippen LogP contribution is 2.00. The summed E-state index contributed by atoms with van der Waals surface area (Å²) in [5.41, 5.74) is 0. The van der Waals surface area contributed by atoms with Crippen LogP contribution in [0, 0.1) is 0 Å². The van der Waals surface area contributed by atoms with Gasteiger partial charge in [0.1, 0.15) is 0 Å². The zero-order chi connectivity index (χ0) is 22.4. The Morgan fingerprint density at radius 3 is 1.17 bits per heavy atom. The highest BCUT2D eigenvalue weighted by atomic mass is 16.4. The van der Waals surface area contributed by atoms with Crippen LogP contribution < -0.4 is 0 Å². The van der Waals surface area contributed by atoms with Crippen molar-refractivity contribution < 1.29 is 49.5 Å². The van der Waals surface area contributed by atoms with Crippen LogP contribution >= 0.6 is 0 Å². The van der Waals surface area contributed by atoms with Crippen LogP contribution in [0.3, 0.4) is 0 Å². The number of hydrogen-bond donors (Lipinski definition) is 5. The van der Waals surface area contributed by atoms with E-state index in [1.54, 1.807) is 0 Å². The van der Waals surface area contributed by atoms with E-state index in [4.69, 9.17) is 25.5 Å². The van der Waals surface area contributed by atoms with Crippen LogP contribution in [0.1, 0.15) is 12.8 Å². The zero-order valence-electron chi connectivity index (χ0n) is 15.9. The SMILES string of the molecule is O=C(O)CCN(CCCN(CCN(CC(=O)O)CC(=O)O)CC(=O)O)CC(=O)O. The lowest BCUT2D eigenvalue weighted by Crippen LogP contribution is -2.42. The van der Waals surface area contributed by atoms with Gasteiger partial charge in [0.05, 0.1) is 32.6 Å². The van der Waals surface area contributed by atoms with Crippen molar-refractivity contribution in [3.8, 4) is 0 Å². The molecule has 0 saturated heterocycles. The number of carbonyl (C=O) groups is 5. The average Bonchev–Trinajstić information content (AvgIpc) is 2.54. The van der Waals surface area contributed by atoms with E-state index in [9.17, 15) is 24.0 Å². The van der Waals surface area contributed by atoms with E-state index in [1.807, 2.05) is 0 Å². The molecular formula is C16H27N3O10. The van der Waals surface area contributed by atoms with Crippen molar-refractivity contribution in [2.24, 2.45) is 0 Å². The lowest BCUT2D eigenvalue weighted by molar-refractivity contribution is -0.143. The third-order valence-corrected chi connectivity index (χ3v) is 3.76. The fourth-order valence-corrected chi connectivity index (χ4v) is 2.57. The number of hydrogen-bond acceptors (Lipinski definition) is 8. The molecule has 0 unspecified atom stereocenters. The van der Waals surface area contributed by atoms with Crippen LogP contribution in [0.5, 0.6) is 0 Å². The lowest BCUT2D eigenvalue weighted by atomic mass is 10.3. The third-order valence-electron chi connectivity index (χ3n) is 3.76. The Kier molecular flexibility index (Phi) is 12.9. The molecule has 0 radical (unpaired) electrons. The number of aliphatic carboxylic acids is 5. The molecule has 0 aliphatic rings. The number of carboxylic acid groups (broad SMARTS) is 5. The van der Waals surface area contributed by atoms with E-state index in [0.717, 1.165) is 4.90 Å². The molecule has 13 nitrogen and oxygen atoms in total. The standard InChI is InChI=1S/C16H27N3O10/c20-12(21)2-5-17(8-13(22)23)3-1-4-18(9-14(24)25)6-7-19(10-15(26)27)11-16(28)29/h1-11H2,(H,20,21)(H,22,23)(H,24,25)(H,26,27)(H,28,29). The maximum Gasteiger partial charge on any atom is 0.317 e. The number of carboxylic acids is 5. The second-order valence-electron chi connectivity index (χ2n) is 6.34. The molecule has 0 rings (SSSR count). The smallest absolute Gasteiger partial charge is 0.317 e. The molecule has 0 fully saturated rings. The molecule has 0 aliphatic heterocycles. The Morgan fingerprint density at radius 1 is 0.448 bits per heavy atom. The van der Waals surface area contributed by atoms with Crippen LogP contribution in [0.15, 0.2) is 0 Å². The first-order valence-electron chi connectivity index (χ1n) is 8.75. The summed E-state index contributed by atoms with van der Waals surface area (Å²) >= 11 is 0. The normalized spacial score (nSPS) is 11.1. The van der Waals surface area contributed by atoms with Crippen LogP contribution in [0.4, 0.5) is 0 Å². The average molecular weight is 421 g/mol. The molecule has 0 heterocycles. The molecule has 0 aromatic rings. The minimum Gasteiger partial charge on any atom is -0.481 e. The predicted octanol–water partition coefficient (Wildman–Crippen LogP) is -1.90. The summed E-state index contributed by atoms with van der Waals surface area (Å²) in [4.78, 5) is 58.3. The minimum absolute atomic E-state index is 0.0176. The molecule has 5 N–H and O–H groups in total. The molecule has 0 aromatic carbocycles. The van der Waals surface area contributed by atoms with E-state index in [-0.39, 0.29) is 52.2 Å². The number of nitrogens with zero attached hydrogens (tertiary/aromatic N) is 3. The van der Waals surface area contributed by atoms with Gasteiger partial charge in [-0.15, -0.1) is 0 Å². The van der Waals surface area contributed by atoms with Crippen molar-refractivity contribution in [2.45, 2.75) is 12.8 Å². The largest absolute Gasteiger partial charge is 0.481 e. The molecule has 0 atom stereocenters. The zero-order valence-corrected chi connectivity index (χ0v) is 15.9. The Balaban J connectivity index is 4.72. The fraction of sp³-hybridized carbons (Fsp3) is 0.688. The first kappa shape index (κ1) is 26.2. The first-order valence-corrected chi connectivity index (χ1v) is 8.75. The van der Waals surface area contributed by atoms with Crippen molar-refractivity contribution in [2.75, 3.05) is 58.9 Å². The lowest BCUT2D eigenvalue weighted by Gasteiger charge is -2.26. The van der Waals surface area contributed by atoms with Gasteiger partial charge in [0.25, 0.3) is 0 Å². The molecule has 166 valence electrons. The van der Waals surface area contributed by atoms with Crippen LogP contribution in [-0.4, -0.2) is 129 Å². The Morgan fingerprint density at radius 2 is 0.793 bits per heavy atom. The van der Waals surface area contributed by atoms with Gasteiger partial charge in [-0.2, -0.15) is 0 Å². The van der Waals surface area contributed by atoms with E-state index in [0.29, 0.717) is 6.42 Å². The second kappa shape index (κ2) is 14.3. The summed E-state index contributed by atoms with van der Waals surface area (Å²) in [6, 6.07) is 0. The van der Waals surface area contributed by atoms with E-state index in [1.165, 1.54) is 9.80 Å². The highest BCUT2D eigenvalue weighted by Gasteiger charge is 2.17. The fourth-order valence-electron chi connectivity index (χ4n) is 2.57. The van der Waals surface area contributed by atoms with Gasteiger partial charge in [0, 0.05) is 26.2 Å². The van der Waals surface area contributed by atoms with Crippen LogP contribution in [0.25, 0.3) is 0 Å². The van der Waals surface area contributed by atoms with E-state index >= 15 is 0 Å². The van der Waals surface area contributed by atoms with Gasteiger partial charge >= 0.3 is 29.8 Å². The van der Waals surface area contributed by atoms with Gasteiger partial charge in [-0.05, 0) is 13.0 Å². The van der Waals surface area contributed by atoms with Crippen molar-refractivity contribution in [1.82, 2.24) is 14.7 Å². The molecule has 0 amide bonds. The Labute approximate surface area is 166 Å². The summed E-state index contributed by atoms with van der Waals surface area (Å²) in [6.07, 6.45) is 0.115. The maximum absolute atomic E-state index is 11.0. The van der Waals surface area contributed by atoms with Crippen LogP contribution in [0.2, 0.25) is 0 Å². The molecule has 0 spiro atoms. The molecule has 13 heteroatoms. The van der Waals surface area contributed by atoms with Gasteiger partial charge in [-0.25, -0.2) is 0 Å². The van der Waals surface area contributed by atoms with E-state index < -0.39 is 42.9 Å². The van der Waals surface area contributed by atoms with E-state index in [2.05, 4.69) is 0 Å². The van der Waals surface area contributed by atoms with Crippen molar-refractivity contribution in [3.63, 3.8) is 0 Å². The molecule has 0 aromatic heterocycles. The minimum atomic E-state index is -1.21. The molecule has 29 heavy (non-hydrogen) atoms. The second-order valence-corrected chi connectivity index (χ2v) is 6.34. The van der Waals surface area contributed by atoms with Gasteiger partial charge in [-0.3, -0.25) is 38.7 Å². The third kappa shape index (κ3) is 15.9. The highest BCUT2D eigenvalue weighted by molar-refractivity contribution is 5.72. The van der Waals surface area contributed by atoms with Gasteiger partial charge < -0.3 is 25.5 Å². The maximum atomic E-state index is 11.0. The number of rotatable bonds is 18. The molecule has 0 bridgehead atoms. The predicted molar refractivity (Wildman–Crippen MR) is 96.7 cm³/mol. The van der Waals surface area contributed by atoms with Gasteiger partial charge in [-0.1, -0.05) is 0 Å². The van der Waals surface area contributed by atoms with Crippen molar-refractivity contribution in [3.05, 3.63) is 0 Å². The Hall–Kier alpha value is -2.77. The van der Waals surface area contributed by atoms with Crippen molar-refractivity contribution in [1.29, 1.82) is 0 Å². The molecule has 0 aliphatic carbocycles. The van der Waals surface area contributed by atoms with Gasteiger partial charge in [0.2, 0.25) is 0 Å². The molecule has 0 saturated carbocycles. The Bertz CT molecular complexity index is 567. The monoisotopic (exact) mass is 421 g/mol. The molecular weight excluding hydrogens is 394 g/mol. The summed E-state index contributed by atoms with van der Waals surface area (Å²) in [7, 11) is 0. The van der Waals surface area contributed by atoms with Gasteiger partial charge in [0.15, 0.2) is 0 Å². The first-order chi connectivity index (χ1) is 13.5.